The summed E-state index contributed by atoms with van der Waals surface area (Å²) < 4.78 is 6.18. The third-order valence-electron chi connectivity index (χ3n) is 5.30. The first-order valence-electron chi connectivity index (χ1n) is 8.71. The Balaban J connectivity index is 0.00000176. The van der Waals surface area contributed by atoms with Crippen molar-refractivity contribution in [3.63, 3.8) is 0 Å². The van der Waals surface area contributed by atoms with Gasteiger partial charge >= 0.3 is 0 Å². The summed E-state index contributed by atoms with van der Waals surface area (Å²) in [6.45, 7) is 8.76. The number of hydrogen-bond acceptors (Lipinski definition) is 5. The molecule has 1 atom stereocenters. The van der Waals surface area contributed by atoms with Gasteiger partial charge in [0.15, 0.2) is 6.61 Å². The molecular formula is C17H33N3O2. The summed E-state index contributed by atoms with van der Waals surface area (Å²) in [7, 11) is 0. The fourth-order valence-electron chi connectivity index (χ4n) is 3.75. The summed E-state index contributed by atoms with van der Waals surface area (Å²) in [5.74, 6) is 1.35. The normalized spacial score (nSPS) is 29.7. The number of rotatable bonds is 3. The molecule has 1 unspecified atom stereocenters. The zero-order valence-electron chi connectivity index (χ0n) is 14.4. The van der Waals surface area contributed by atoms with Gasteiger partial charge in [-0.25, -0.2) is 0 Å². The van der Waals surface area contributed by atoms with Gasteiger partial charge in [0.2, 0.25) is 5.90 Å². The van der Waals surface area contributed by atoms with Gasteiger partial charge in [0.25, 0.3) is 0 Å². The molecule has 2 heterocycles. The van der Waals surface area contributed by atoms with Gasteiger partial charge in [0.05, 0.1) is 0 Å². The maximum Gasteiger partial charge on any atom is 0.229 e. The lowest BCUT2D eigenvalue weighted by Gasteiger charge is -2.37. The minimum Gasteiger partial charge on any atom is -0.470 e. The maximum absolute atomic E-state index is 6.18. The fraction of sp³-hybridized carbons (Fsp3) is 0.941. The topological polar surface area (TPSA) is 69.1 Å². The van der Waals surface area contributed by atoms with E-state index >= 15 is 0 Å². The molecule has 22 heavy (non-hydrogen) atoms. The molecule has 2 aliphatic heterocycles. The van der Waals surface area contributed by atoms with Crippen molar-refractivity contribution in [1.82, 2.24) is 11.1 Å². The smallest absolute Gasteiger partial charge is 0.229 e. The van der Waals surface area contributed by atoms with Crippen molar-refractivity contribution in [3.8, 4) is 0 Å². The van der Waals surface area contributed by atoms with E-state index in [1.165, 1.54) is 58.0 Å². The molecule has 1 saturated heterocycles. The standard InChI is InChI=1S/C17H30N2O2.H3N/c1-17(2)8-6-14(7-9-17)16-18-20-13-15(21-16)12-19-10-4-3-5-11-19;/h14-15H,3-13H2,1-2H3;1H3. The number of piperidine rings is 1. The van der Waals surface area contributed by atoms with Crippen molar-refractivity contribution in [2.45, 2.75) is 64.9 Å². The number of nitrogens with zero attached hydrogens (tertiary/aromatic N) is 2. The predicted octanol–water partition coefficient (Wildman–Crippen LogP) is 3.58. The van der Waals surface area contributed by atoms with Gasteiger partial charge in [-0.1, -0.05) is 25.4 Å². The SMILES string of the molecule is CC1(C)CCC(C2=NOCC(CN3CCCCC3)O2)CC1.N. The Labute approximate surface area is 135 Å². The molecule has 5 heteroatoms. The fourth-order valence-corrected chi connectivity index (χ4v) is 3.75. The third kappa shape index (κ3) is 4.59. The van der Waals surface area contributed by atoms with Crippen LogP contribution in [-0.4, -0.2) is 43.1 Å². The Morgan fingerprint density at radius 3 is 2.50 bits per heavy atom. The van der Waals surface area contributed by atoms with Crippen LogP contribution in [0.3, 0.4) is 0 Å². The summed E-state index contributed by atoms with van der Waals surface area (Å²) in [4.78, 5) is 8.00. The van der Waals surface area contributed by atoms with Crippen LogP contribution in [0.2, 0.25) is 0 Å². The molecule has 0 bridgehead atoms. The van der Waals surface area contributed by atoms with Crippen LogP contribution in [0.4, 0.5) is 0 Å². The highest BCUT2D eigenvalue weighted by atomic mass is 16.7. The average molecular weight is 311 g/mol. The van der Waals surface area contributed by atoms with Gasteiger partial charge in [-0.05, 0) is 57.0 Å². The summed E-state index contributed by atoms with van der Waals surface area (Å²) >= 11 is 0. The average Bonchev–Trinajstić information content (AvgIpc) is 2.48. The molecule has 3 rings (SSSR count). The molecule has 0 aromatic heterocycles. The second-order valence-corrected chi connectivity index (χ2v) is 7.76. The quantitative estimate of drug-likeness (QED) is 0.865. The highest BCUT2D eigenvalue weighted by Crippen LogP contribution is 2.39. The number of hydrogen-bond donors (Lipinski definition) is 1. The Kier molecular flexibility index (Phi) is 6.09. The molecule has 0 spiro atoms. The van der Waals surface area contributed by atoms with Crippen molar-refractivity contribution in [2.24, 2.45) is 16.5 Å². The Bertz CT molecular complexity index is 368. The summed E-state index contributed by atoms with van der Waals surface area (Å²) in [6.07, 6.45) is 9.09. The van der Waals surface area contributed by atoms with Crippen molar-refractivity contribution >= 4 is 5.90 Å². The van der Waals surface area contributed by atoms with E-state index in [4.69, 9.17) is 9.57 Å². The molecule has 5 nitrogen and oxygen atoms in total. The van der Waals surface area contributed by atoms with Crippen molar-refractivity contribution in [1.29, 1.82) is 0 Å². The number of ether oxygens (including phenoxy) is 1. The molecule has 0 amide bonds. The maximum atomic E-state index is 6.18. The van der Waals surface area contributed by atoms with Crippen LogP contribution < -0.4 is 6.15 Å². The minimum absolute atomic E-state index is 0. The van der Waals surface area contributed by atoms with Gasteiger partial charge in [-0.3, -0.25) is 4.90 Å². The van der Waals surface area contributed by atoms with E-state index in [9.17, 15) is 0 Å². The Hall–Kier alpha value is -0.810. The Morgan fingerprint density at radius 2 is 1.82 bits per heavy atom. The van der Waals surface area contributed by atoms with Gasteiger partial charge in [0.1, 0.15) is 6.10 Å². The summed E-state index contributed by atoms with van der Waals surface area (Å²) in [6, 6.07) is 0. The van der Waals surface area contributed by atoms with Crippen LogP contribution in [0.5, 0.6) is 0 Å². The van der Waals surface area contributed by atoms with E-state index in [2.05, 4.69) is 23.9 Å². The molecule has 128 valence electrons. The van der Waals surface area contributed by atoms with Gasteiger partial charge in [-0.15, -0.1) is 0 Å². The molecule has 1 saturated carbocycles. The predicted molar refractivity (Wildman–Crippen MR) is 89.3 cm³/mol. The van der Waals surface area contributed by atoms with E-state index in [1.807, 2.05) is 0 Å². The monoisotopic (exact) mass is 311 g/mol. The van der Waals surface area contributed by atoms with Crippen molar-refractivity contribution in [3.05, 3.63) is 0 Å². The lowest BCUT2D eigenvalue weighted by Crippen LogP contribution is -2.43. The highest BCUT2D eigenvalue weighted by molar-refractivity contribution is 5.78. The van der Waals surface area contributed by atoms with E-state index in [1.54, 1.807) is 0 Å². The first kappa shape index (κ1) is 17.5. The molecular weight excluding hydrogens is 278 g/mol. The molecule has 2 fully saturated rings. The second-order valence-electron chi connectivity index (χ2n) is 7.76. The molecule has 0 aromatic rings. The first-order chi connectivity index (χ1) is 10.1. The van der Waals surface area contributed by atoms with E-state index in [0.29, 0.717) is 17.9 Å². The highest BCUT2D eigenvalue weighted by Gasteiger charge is 2.33. The van der Waals surface area contributed by atoms with Crippen LogP contribution in [-0.2, 0) is 9.57 Å². The van der Waals surface area contributed by atoms with Crippen molar-refractivity contribution in [2.75, 3.05) is 26.2 Å². The van der Waals surface area contributed by atoms with Gasteiger partial charge < -0.3 is 15.7 Å². The van der Waals surface area contributed by atoms with Crippen LogP contribution in [0, 0.1) is 11.3 Å². The zero-order valence-corrected chi connectivity index (χ0v) is 14.4. The largest absolute Gasteiger partial charge is 0.470 e. The summed E-state index contributed by atoms with van der Waals surface area (Å²) in [5, 5.41) is 4.22. The van der Waals surface area contributed by atoms with E-state index in [-0.39, 0.29) is 12.3 Å². The number of likely N-dealkylation sites (tertiary alicyclic amines) is 1. The molecule has 3 aliphatic rings. The molecule has 1 aliphatic carbocycles. The molecule has 0 radical (unpaired) electrons. The van der Waals surface area contributed by atoms with Crippen molar-refractivity contribution < 1.29 is 9.57 Å². The van der Waals surface area contributed by atoms with Gasteiger partial charge in [-0.2, -0.15) is 0 Å². The molecule has 0 aromatic carbocycles. The summed E-state index contributed by atoms with van der Waals surface area (Å²) in [5.41, 5.74) is 0.486. The van der Waals surface area contributed by atoms with Gasteiger partial charge in [0, 0.05) is 12.5 Å². The van der Waals surface area contributed by atoms with Crippen LogP contribution in [0.1, 0.15) is 58.8 Å². The lowest BCUT2D eigenvalue weighted by atomic mass is 9.73. The van der Waals surface area contributed by atoms with E-state index in [0.717, 1.165) is 12.4 Å². The first-order valence-corrected chi connectivity index (χ1v) is 8.71. The zero-order chi connectivity index (χ0) is 14.7. The minimum atomic E-state index is 0. The molecule has 3 N–H and O–H groups in total. The van der Waals surface area contributed by atoms with Crippen LogP contribution in [0.15, 0.2) is 5.16 Å². The second kappa shape index (κ2) is 7.64. The lowest BCUT2D eigenvalue weighted by molar-refractivity contribution is -0.0178. The number of oxime groups is 1. The third-order valence-corrected chi connectivity index (χ3v) is 5.30. The van der Waals surface area contributed by atoms with Crippen LogP contribution >= 0.6 is 0 Å². The van der Waals surface area contributed by atoms with E-state index < -0.39 is 0 Å². The Morgan fingerprint density at radius 1 is 1.14 bits per heavy atom. The van der Waals surface area contributed by atoms with Crippen LogP contribution in [0.25, 0.3) is 0 Å².